The maximum atomic E-state index is 7.27. The van der Waals surface area contributed by atoms with Crippen molar-refractivity contribution >= 4 is 17.6 Å². The lowest BCUT2D eigenvalue weighted by atomic mass is 10.3. The molecule has 92 valence electrons. The van der Waals surface area contributed by atoms with Crippen molar-refractivity contribution in [2.45, 2.75) is 9.79 Å². The van der Waals surface area contributed by atoms with Crippen LogP contribution in [0.3, 0.4) is 0 Å². The Labute approximate surface area is 110 Å². The minimum absolute atomic E-state index is 0.0176. The van der Waals surface area contributed by atoms with Gasteiger partial charge < -0.3 is 10.5 Å². The number of rotatable bonds is 4. The summed E-state index contributed by atoms with van der Waals surface area (Å²) in [5.74, 6) is 0.820. The summed E-state index contributed by atoms with van der Waals surface area (Å²) in [4.78, 5) is 6.22. The molecule has 1 aromatic carbocycles. The van der Waals surface area contributed by atoms with Crippen molar-refractivity contribution in [3.8, 4) is 5.75 Å². The summed E-state index contributed by atoms with van der Waals surface area (Å²) in [6.07, 6.45) is 1.71. The van der Waals surface area contributed by atoms with Gasteiger partial charge in [-0.3, -0.25) is 10.4 Å². The topological polar surface area (TPSA) is 72.0 Å². The smallest absolute Gasteiger partial charge is 0.141 e. The van der Waals surface area contributed by atoms with Gasteiger partial charge in [0.05, 0.1) is 7.11 Å². The van der Waals surface area contributed by atoms with E-state index in [1.807, 2.05) is 30.3 Å². The molecule has 0 unspecified atom stereocenters. The molecule has 0 aliphatic heterocycles. The van der Waals surface area contributed by atoms with E-state index in [-0.39, 0.29) is 5.84 Å². The van der Waals surface area contributed by atoms with E-state index in [9.17, 15) is 0 Å². The number of amidine groups is 1. The molecule has 0 saturated heterocycles. The molecule has 5 heteroatoms. The zero-order valence-corrected chi connectivity index (χ0v) is 10.7. The first-order chi connectivity index (χ1) is 8.69. The average Bonchev–Trinajstić information content (AvgIpc) is 2.40. The lowest BCUT2D eigenvalue weighted by Crippen LogP contribution is -2.12. The number of methoxy groups -OCH3 is 1. The zero-order valence-electron chi connectivity index (χ0n) is 9.88. The largest absolute Gasteiger partial charge is 0.497 e. The first-order valence-corrected chi connectivity index (χ1v) is 6.13. The van der Waals surface area contributed by atoms with Crippen LogP contribution in [0, 0.1) is 5.41 Å². The van der Waals surface area contributed by atoms with Gasteiger partial charge in [0.15, 0.2) is 0 Å². The van der Waals surface area contributed by atoms with E-state index in [0.717, 1.165) is 15.5 Å². The molecule has 0 radical (unpaired) electrons. The van der Waals surface area contributed by atoms with Crippen LogP contribution in [0.25, 0.3) is 0 Å². The minimum atomic E-state index is -0.0176. The van der Waals surface area contributed by atoms with Crippen LogP contribution < -0.4 is 10.5 Å². The predicted octanol–water partition coefficient (Wildman–Crippen LogP) is 2.53. The van der Waals surface area contributed by atoms with Gasteiger partial charge in [-0.2, -0.15) is 0 Å². The van der Waals surface area contributed by atoms with Crippen LogP contribution in [0.4, 0.5) is 0 Å². The van der Waals surface area contributed by atoms with Crippen LogP contribution in [-0.2, 0) is 0 Å². The second-order valence-corrected chi connectivity index (χ2v) is 4.72. The number of nitrogens with zero attached hydrogens (tertiary/aromatic N) is 1. The number of hydrogen-bond acceptors (Lipinski definition) is 4. The molecule has 0 amide bonds. The Hall–Kier alpha value is -2.01. The third-order valence-corrected chi connectivity index (χ3v) is 3.29. The molecule has 1 aromatic heterocycles. The molecule has 0 spiro atoms. The third-order valence-electron chi connectivity index (χ3n) is 2.31. The quantitative estimate of drug-likeness (QED) is 0.653. The fourth-order valence-corrected chi connectivity index (χ4v) is 2.17. The van der Waals surface area contributed by atoms with Gasteiger partial charge in [0.2, 0.25) is 0 Å². The molecule has 3 N–H and O–H groups in total. The van der Waals surface area contributed by atoms with Crippen molar-refractivity contribution in [3.63, 3.8) is 0 Å². The van der Waals surface area contributed by atoms with Crippen LogP contribution in [0.5, 0.6) is 5.75 Å². The van der Waals surface area contributed by atoms with E-state index in [1.165, 1.54) is 0 Å². The van der Waals surface area contributed by atoms with Crippen molar-refractivity contribution < 1.29 is 4.74 Å². The summed E-state index contributed by atoms with van der Waals surface area (Å²) in [7, 11) is 1.65. The second kappa shape index (κ2) is 5.55. The molecule has 0 atom stereocenters. The molecule has 0 aliphatic carbocycles. The number of aromatic nitrogens is 1. The first kappa shape index (κ1) is 12.4. The van der Waals surface area contributed by atoms with Gasteiger partial charge in [0, 0.05) is 16.0 Å². The van der Waals surface area contributed by atoms with E-state index >= 15 is 0 Å². The maximum absolute atomic E-state index is 7.27. The van der Waals surface area contributed by atoms with Gasteiger partial charge in [0.25, 0.3) is 0 Å². The SMILES string of the molecule is COc1ccc(Sc2ccc(C(=N)N)nc2)cc1. The van der Waals surface area contributed by atoms with E-state index in [1.54, 1.807) is 31.1 Å². The Morgan fingerprint density at radius 2 is 1.83 bits per heavy atom. The van der Waals surface area contributed by atoms with Gasteiger partial charge >= 0.3 is 0 Å². The summed E-state index contributed by atoms with van der Waals surface area (Å²) >= 11 is 1.60. The zero-order chi connectivity index (χ0) is 13.0. The molecular weight excluding hydrogens is 246 g/mol. The summed E-state index contributed by atoms with van der Waals surface area (Å²) < 4.78 is 5.10. The molecule has 4 nitrogen and oxygen atoms in total. The van der Waals surface area contributed by atoms with E-state index in [2.05, 4.69) is 4.98 Å². The van der Waals surface area contributed by atoms with Gasteiger partial charge in [-0.05, 0) is 36.4 Å². The first-order valence-electron chi connectivity index (χ1n) is 5.31. The van der Waals surface area contributed by atoms with Crippen molar-refractivity contribution in [2.24, 2.45) is 5.73 Å². The van der Waals surface area contributed by atoms with Crippen molar-refractivity contribution in [1.29, 1.82) is 5.41 Å². The van der Waals surface area contributed by atoms with Gasteiger partial charge in [0.1, 0.15) is 17.3 Å². The summed E-state index contributed by atoms with van der Waals surface area (Å²) in [5, 5.41) is 7.27. The van der Waals surface area contributed by atoms with Crippen molar-refractivity contribution in [1.82, 2.24) is 4.98 Å². The normalized spacial score (nSPS) is 10.1. The van der Waals surface area contributed by atoms with Crippen LogP contribution in [0.15, 0.2) is 52.4 Å². The molecule has 1 heterocycles. The van der Waals surface area contributed by atoms with E-state index in [0.29, 0.717) is 5.69 Å². The summed E-state index contributed by atoms with van der Waals surface area (Å²) in [6, 6.07) is 11.5. The fraction of sp³-hybridized carbons (Fsp3) is 0.0769. The monoisotopic (exact) mass is 259 g/mol. The molecule has 0 saturated carbocycles. The summed E-state index contributed by atoms with van der Waals surface area (Å²) in [6.45, 7) is 0. The highest BCUT2D eigenvalue weighted by molar-refractivity contribution is 7.99. The van der Waals surface area contributed by atoms with Gasteiger partial charge in [-0.15, -0.1) is 0 Å². The van der Waals surface area contributed by atoms with Crippen LogP contribution in [-0.4, -0.2) is 17.9 Å². The Balaban J connectivity index is 2.10. The fourth-order valence-electron chi connectivity index (χ4n) is 1.38. The molecule has 0 aliphatic rings. The Morgan fingerprint density at radius 1 is 1.17 bits per heavy atom. The lowest BCUT2D eigenvalue weighted by Gasteiger charge is -2.04. The molecule has 0 bridgehead atoms. The number of nitrogen functional groups attached to an aromatic ring is 1. The Morgan fingerprint density at radius 3 is 2.33 bits per heavy atom. The van der Waals surface area contributed by atoms with Crippen LogP contribution in [0.1, 0.15) is 5.69 Å². The highest BCUT2D eigenvalue weighted by atomic mass is 32.2. The number of nitrogens with two attached hydrogens (primary N) is 1. The minimum Gasteiger partial charge on any atom is -0.497 e. The predicted molar refractivity (Wildman–Crippen MR) is 72.4 cm³/mol. The number of pyridine rings is 1. The number of benzene rings is 1. The lowest BCUT2D eigenvalue weighted by molar-refractivity contribution is 0.414. The number of nitrogens with one attached hydrogen (secondary N) is 1. The summed E-state index contributed by atoms with van der Waals surface area (Å²) in [5.41, 5.74) is 5.84. The van der Waals surface area contributed by atoms with Crippen molar-refractivity contribution in [3.05, 3.63) is 48.3 Å². The van der Waals surface area contributed by atoms with E-state index in [4.69, 9.17) is 15.9 Å². The molecule has 2 rings (SSSR count). The molecule has 2 aromatic rings. The second-order valence-electron chi connectivity index (χ2n) is 3.57. The number of ether oxygens (including phenoxy) is 1. The Bertz CT molecular complexity index is 537. The van der Waals surface area contributed by atoms with Gasteiger partial charge in [-0.1, -0.05) is 11.8 Å². The maximum Gasteiger partial charge on any atom is 0.141 e. The van der Waals surface area contributed by atoms with E-state index < -0.39 is 0 Å². The van der Waals surface area contributed by atoms with Gasteiger partial charge in [-0.25, -0.2) is 0 Å². The highest BCUT2D eigenvalue weighted by Crippen LogP contribution is 2.28. The average molecular weight is 259 g/mol. The van der Waals surface area contributed by atoms with Crippen molar-refractivity contribution in [2.75, 3.05) is 7.11 Å². The van der Waals surface area contributed by atoms with Crippen LogP contribution >= 0.6 is 11.8 Å². The third kappa shape index (κ3) is 3.01. The number of hydrogen-bond donors (Lipinski definition) is 2. The molecular formula is C13H13N3OS. The standard InChI is InChI=1S/C13H13N3OS/c1-17-9-2-4-10(5-3-9)18-11-6-7-12(13(14)15)16-8-11/h2-8H,1H3,(H3,14,15). The molecule has 18 heavy (non-hydrogen) atoms. The highest BCUT2D eigenvalue weighted by Gasteiger charge is 2.01. The van der Waals surface area contributed by atoms with Crippen LogP contribution in [0.2, 0.25) is 0 Å². The Kier molecular flexibility index (Phi) is 3.84. The molecule has 0 fully saturated rings.